The molecule has 4 N–H and O–H groups in total. The molecule has 1 amide bonds. The van der Waals surface area contributed by atoms with E-state index in [9.17, 15) is 10.0 Å². The highest BCUT2D eigenvalue weighted by Crippen LogP contribution is 2.32. The molecule has 2 heterocycles. The van der Waals surface area contributed by atoms with Crippen LogP contribution in [0, 0.1) is 0 Å². The predicted molar refractivity (Wildman–Crippen MR) is 111 cm³/mol. The summed E-state index contributed by atoms with van der Waals surface area (Å²) in [6, 6.07) is 20.3. The van der Waals surface area contributed by atoms with Crippen LogP contribution in [0.5, 0.6) is 0 Å². The molecule has 6 nitrogen and oxygen atoms in total. The quantitative estimate of drug-likeness (QED) is 0.370. The van der Waals surface area contributed by atoms with Crippen molar-refractivity contribution in [1.82, 2.24) is 10.3 Å². The largest absolute Gasteiger partial charge is 0.396 e. The number of carbonyl (C=O) groups is 1. The molecule has 2 aromatic carbocycles. The number of nitrogens with one attached hydrogen (secondary N) is 1. The number of anilines is 1. The van der Waals surface area contributed by atoms with Crippen molar-refractivity contribution >= 4 is 22.5 Å². The summed E-state index contributed by atoms with van der Waals surface area (Å²) < 4.78 is 0.960. The Morgan fingerprint density at radius 1 is 1.07 bits per heavy atom. The third kappa shape index (κ3) is 3.60. The molecule has 0 aliphatic heterocycles. The molecule has 6 heteroatoms. The lowest BCUT2D eigenvalue weighted by atomic mass is 10.00. The molecular weight excluding hydrogens is 364 g/mol. The fraction of sp³-hybridized carbons (Fsp3) is 0.0870. The van der Waals surface area contributed by atoms with Crippen molar-refractivity contribution < 1.29 is 14.7 Å². The van der Waals surface area contributed by atoms with E-state index in [1.165, 1.54) is 6.20 Å². The number of fused-ring (bicyclic) bond motifs is 1. The predicted octanol–water partition coefficient (Wildman–Crippen LogP) is 3.50. The minimum Gasteiger partial charge on any atom is -0.396 e. The second-order valence-electron chi connectivity index (χ2n) is 6.84. The molecule has 2 aromatic heterocycles. The van der Waals surface area contributed by atoms with Gasteiger partial charge in [0.25, 0.3) is 5.91 Å². The molecule has 0 fully saturated rings. The lowest BCUT2D eigenvalue weighted by Crippen LogP contribution is -2.32. The Labute approximate surface area is 168 Å². The number of carbonyl (C=O) groups excluding carboxylic acids is 1. The second kappa shape index (κ2) is 7.59. The van der Waals surface area contributed by atoms with Crippen LogP contribution in [-0.2, 0) is 0 Å². The number of hydrogen-bond acceptors (Lipinski definition) is 4. The van der Waals surface area contributed by atoms with Gasteiger partial charge in [0.15, 0.2) is 0 Å². The average Bonchev–Trinajstić information content (AvgIpc) is 2.73. The number of nitrogen functional groups attached to an aromatic ring is 1. The fourth-order valence-electron chi connectivity index (χ4n) is 3.38. The number of amides is 1. The van der Waals surface area contributed by atoms with Gasteiger partial charge in [0, 0.05) is 27.3 Å². The van der Waals surface area contributed by atoms with Crippen molar-refractivity contribution in [2.24, 2.45) is 0 Å². The van der Waals surface area contributed by atoms with Crippen LogP contribution in [0.25, 0.3) is 22.2 Å². The molecule has 29 heavy (non-hydrogen) atoms. The highest BCUT2D eigenvalue weighted by atomic mass is 16.5. The SMILES string of the molecule is CC(NC(=O)c1c(N)c(-c2ccccc2)nc2ccccc12)c1ccc[n+](O)c1. The maximum atomic E-state index is 13.2. The molecule has 4 rings (SSSR count). The first kappa shape index (κ1) is 18.4. The molecule has 0 spiro atoms. The first-order chi connectivity index (χ1) is 14.0. The summed E-state index contributed by atoms with van der Waals surface area (Å²) in [6.07, 6.45) is 3.06. The summed E-state index contributed by atoms with van der Waals surface area (Å²) in [5.41, 5.74) is 10.1. The van der Waals surface area contributed by atoms with E-state index in [2.05, 4.69) is 5.32 Å². The Balaban J connectivity index is 1.79. The molecule has 144 valence electrons. The normalized spacial score (nSPS) is 11.9. The molecule has 0 aliphatic rings. The fourth-order valence-corrected chi connectivity index (χ4v) is 3.38. The maximum Gasteiger partial charge on any atom is 0.254 e. The highest BCUT2D eigenvalue weighted by molar-refractivity contribution is 6.12. The zero-order valence-electron chi connectivity index (χ0n) is 15.9. The van der Waals surface area contributed by atoms with Crippen LogP contribution < -0.4 is 15.8 Å². The van der Waals surface area contributed by atoms with E-state index in [-0.39, 0.29) is 11.9 Å². The number of pyridine rings is 2. The van der Waals surface area contributed by atoms with Gasteiger partial charge in [-0.05, 0) is 19.1 Å². The van der Waals surface area contributed by atoms with Crippen molar-refractivity contribution in [3.05, 3.63) is 90.3 Å². The molecule has 0 radical (unpaired) electrons. The summed E-state index contributed by atoms with van der Waals surface area (Å²) in [4.78, 5) is 17.9. The lowest BCUT2D eigenvalue weighted by Gasteiger charge is -2.17. The van der Waals surface area contributed by atoms with Crippen molar-refractivity contribution in [2.45, 2.75) is 13.0 Å². The number of aromatic nitrogens is 2. The third-order valence-corrected chi connectivity index (χ3v) is 4.86. The summed E-state index contributed by atoms with van der Waals surface area (Å²) in [7, 11) is 0. The number of para-hydroxylation sites is 1. The van der Waals surface area contributed by atoms with Crippen LogP contribution in [0.15, 0.2) is 79.1 Å². The van der Waals surface area contributed by atoms with Crippen molar-refractivity contribution in [2.75, 3.05) is 5.73 Å². The van der Waals surface area contributed by atoms with Gasteiger partial charge in [0.2, 0.25) is 12.4 Å². The molecule has 0 saturated carbocycles. The molecule has 1 unspecified atom stereocenters. The number of rotatable bonds is 4. The third-order valence-electron chi connectivity index (χ3n) is 4.86. The molecule has 0 saturated heterocycles. The highest BCUT2D eigenvalue weighted by Gasteiger charge is 2.22. The lowest BCUT2D eigenvalue weighted by molar-refractivity contribution is -0.905. The Morgan fingerprint density at radius 2 is 1.79 bits per heavy atom. The molecule has 0 aliphatic carbocycles. The molecular formula is C23H21N4O2+. The van der Waals surface area contributed by atoms with E-state index >= 15 is 0 Å². The van der Waals surface area contributed by atoms with Gasteiger partial charge in [-0.1, -0.05) is 48.5 Å². The molecule has 4 aromatic rings. The minimum atomic E-state index is -0.325. The van der Waals surface area contributed by atoms with Gasteiger partial charge in [0.05, 0.1) is 28.5 Å². The van der Waals surface area contributed by atoms with Crippen LogP contribution in [0.2, 0.25) is 0 Å². The Bertz CT molecular complexity index is 1190. The van der Waals surface area contributed by atoms with Crippen molar-refractivity contribution in [1.29, 1.82) is 0 Å². The Kier molecular flexibility index (Phi) is 4.83. The topological polar surface area (TPSA) is 92.1 Å². The zero-order valence-corrected chi connectivity index (χ0v) is 15.9. The van der Waals surface area contributed by atoms with Gasteiger partial charge in [-0.25, -0.2) is 4.98 Å². The van der Waals surface area contributed by atoms with Crippen LogP contribution in [0.1, 0.15) is 28.9 Å². The number of nitrogens with two attached hydrogens (primary N) is 1. The average molecular weight is 385 g/mol. The minimum absolute atomic E-state index is 0.292. The van der Waals surface area contributed by atoms with E-state index in [0.717, 1.165) is 15.9 Å². The van der Waals surface area contributed by atoms with Gasteiger partial charge in [-0.3, -0.25) is 10.0 Å². The summed E-state index contributed by atoms with van der Waals surface area (Å²) in [5, 5.41) is 13.3. The van der Waals surface area contributed by atoms with Crippen LogP contribution in [0.4, 0.5) is 5.69 Å². The van der Waals surface area contributed by atoms with E-state index in [1.54, 1.807) is 12.3 Å². The summed E-state index contributed by atoms with van der Waals surface area (Å²) in [5.74, 6) is -0.292. The van der Waals surface area contributed by atoms with Crippen LogP contribution in [-0.4, -0.2) is 16.1 Å². The number of nitrogens with zero attached hydrogens (tertiary/aromatic N) is 2. The van der Waals surface area contributed by atoms with E-state index < -0.39 is 0 Å². The van der Waals surface area contributed by atoms with E-state index in [4.69, 9.17) is 10.7 Å². The smallest absolute Gasteiger partial charge is 0.254 e. The molecule has 0 bridgehead atoms. The van der Waals surface area contributed by atoms with Gasteiger partial charge in [0.1, 0.15) is 0 Å². The standard InChI is InChI=1S/C23H20N4O2/c1-15(17-10-7-13-27(29)14-17)25-23(28)20-18-11-5-6-12-19(18)26-22(21(20)24)16-8-3-2-4-9-16/h2-15H,1H3,(H3-,24,25,28,29)/p+1. The van der Waals surface area contributed by atoms with Crippen molar-refractivity contribution in [3.8, 4) is 11.3 Å². The van der Waals surface area contributed by atoms with Crippen molar-refractivity contribution in [3.63, 3.8) is 0 Å². The maximum absolute atomic E-state index is 13.2. The zero-order chi connectivity index (χ0) is 20.4. The van der Waals surface area contributed by atoms with Gasteiger partial charge < -0.3 is 11.1 Å². The van der Waals surface area contributed by atoms with Gasteiger partial charge >= 0.3 is 0 Å². The van der Waals surface area contributed by atoms with E-state index in [0.29, 0.717) is 27.8 Å². The summed E-state index contributed by atoms with van der Waals surface area (Å²) in [6.45, 7) is 1.85. The van der Waals surface area contributed by atoms with E-state index in [1.807, 2.05) is 67.6 Å². The second-order valence-corrected chi connectivity index (χ2v) is 6.84. The Hall–Kier alpha value is -3.93. The Morgan fingerprint density at radius 3 is 2.55 bits per heavy atom. The number of hydrogen-bond donors (Lipinski definition) is 3. The summed E-state index contributed by atoms with van der Waals surface area (Å²) >= 11 is 0. The monoisotopic (exact) mass is 385 g/mol. The van der Waals surface area contributed by atoms with Gasteiger partial charge in [-0.15, -0.1) is 0 Å². The number of benzene rings is 2. The van der Waals surface area contributed by atoms with Gasteiger partial charge in [-0.2, -0.15) is 0 Å². The molecule has 1 atom stereocenters. The first-order valence-electron chi connectivity index (χ1n) is 9.29. The first-order valence-corrected chi connectivity index (χ1v) is 9.29. The van der Waals surface area contributed by atoms with Crippen LogP contribution >= 0.6 is 0 Å². The van der Waals surface area contributed by atoms with Crippen LogP contribution in [0.3, 0.4) is 0 Å².